The lowest BCUT2D eigenvalue weighted by Gasteiger charge is -2.23. The van der Waals surface area contributed by atoms with Gasteiger partial charge in [0.05, 0.1) is 0 Å². The van der Waals surface area contributed by atoms with E-state index in [1.807, 2.05) is 11.0 Å². The predicted octanol–water partition coefficient (Wildman–Crippen LogP) is 4.52. The Morgan fingerprint density at radius 2 is 1.83 bits per heavy atom. The van der Waals surface area contributed by atoms with Crippen LogP contribution in [0.15, 0.2) is 48.5 Å². The number of hydrogen-bond acceptors (Lipinski definition) is 2. The van der Waals surface area contributed by atoms with Crippen molar-refractivity contribution in [3.05, 3.63) is 54.1 Å². The maximum absolute atomic E-state index is 12.7. The van der Waals surface area contributed by atoms with E-state index in [0.717, 1.165) is 31.6 Å². The molecule has 2 fully saturated rings. The number of para-hydroxylation sites is 1. The maximum Gasteiger partial charge on any atom is 0.246 e. The minimum Gasteiger partial charge on any atom is -0.341 e. The predicted molar refractivity (Wildman–Crippen MR) is 120 cm³/mol. The first-order chi connectivity index (χ1) is 14.2. The zero-order chi connectivity index (χ0) is 19.8. The molecule has 3 aromatic rings. The molecule has 0 aliphatic carbocycles. The zero-order valence-corrected chi connectivity index (χ0v) is 17.2. The summed E-state index contributed by atoms with van der Waals surface area (Å²) in [5.74, 6) is 0.141. The van der Waals surface area contributed by atoms with E-state index in [4.69, 9.17) is 0 Å². The summed E-state index contributed by atoms with van der Waals surface area (Å²) in [5, 5.41) is 2.53. The Kier molecular flexibility index (Phi) is 4.88. The number of carbonyl (C=O) groups is 1. The lowest BCUT2D eigenvalue weighted by atomic mass is 10.1. The van der Waals surface area contributed by atoms with E-state index < -0.39 is 0 Å². The van der Waals surface area contributed by atoms with Gasteiger partial charge in [-0.05, 0) is 69.1 Å². The van der Waals surface area contributed by atoms with Gasteiger partial charge in [0.1, 0.15) is 0 Å². The third-order valence-corrected chi connectivity index (χ3v) is 6.66. The van der Waals surface area contributed by atoms with Crippen LogP contribution in [0.5, 0.6) is 0 Å². The van der Waals surface area contributed by atoms with Crippen molar-refractivity contribution >= 4 is 33.8 Å². The van der Waals surface area contributed by atoms with Gasteiger partial charge < -0.3 is 9.47 Å². The summed E-state index contributed by atoms with van der Waals surface area (Å²) in [5.41, 5.74) is 3.61. The molecule has 2 aliphatic heterocycles. The molecule has 0 spiro atoms. The molecule has 4 nitrogen and oxygen atoms in total. The Balaban J connectivity index is 1.35. The third-order valence-electron chi connectivity index (χ3n) is 6.66. The quantitative estimate of drug-likeness (QED) is 0.616. The summed E-state index contributed by atoms with van der Waals surface area (Å²) < 4.78 is 2.35. The Morgan fingerprint density at radius 3 is 2.66 bits per heavy atom. The lowest BCUT2D eigenvalue weighted by molar-refractivity contribution is -0.125. The highest BCUT2D eigenvalue weighted by Gasteiger charge is 2.30. The van der Waals surface area contributed by atoms with E-state index in [1.165, 1.54) is 47.7 Å². The summed E-state index contributed by atoms with van der Waals surface area (Å²) in [7, 11) is 0. The highest BCUT2D eigenvalue weighted by molar-refractivity contribution is 6.08. The summed E-state index contributed by atoms with van der Waals surface area (Å²) >= 11 is 0. The SMILES string of the molecule is CCn1c2ccccc2c2cc(/C=C/C(=O)N3CCC(N4CCCC4)C3)ccc21. The molecule has 150 valence electrons. The van der Waals surface area contributed by atoms with Crippen molar-refractivity contribution in [2.75, 3.05) is 26.2 Å². The molecule has 2 aliphatic rings. The first-order valence-electron chi connectivity index (χ1n) is 11.0. The summed E-state index contributed by atoms with van der Waals surface area (Å²) in [6, 6.07) is 15.6. The molecular formula is C25H29N3O. The van der Waals surface area contributed by atoms with Crippen molar-refractivity contribution in [1.29, 1.82) is 0 Å². The fourth-order valence-corrected chi connectivity index (χ4v) is 5.14. The van der Waals surface area contributed by atoms with Gasteiger partial charge >= 0.3 is 0 Å². The average Bonchev–Trinajstić information content (AvgIpc) is 3.50. The van der Waals surface area contributed by atoms with Gasteiger partial charge in [0.15, 0.2) is 0 Å². The van der Waals surface area contributed by atoms with Crippen LogP contribution in [0, 0.1) is 0 Å². The minimum absolute atomic E-state index is 0.141. The Morgan fingerprint density at radius 1 is 1.03 bits per heavy atom. The summed E-state index contributed by atoms with van der Waals surface area (Å²) in [4.78, 5) is 17.3. The average molecular weight is 388 g/mol. The molecule has 1 unspecified atom stereocenters. The number of likely N-dealkylation sites (tertiary alicyclic amines) is 2. The molecule has 0 radical (unpaired) electrons. The molecule has 1 amide bonds. The van der Waals surface area contributed by atoms with Crippen LogP contribution in [0.2, 0.25) is 0 Å². The first-order valence-corrected chi connectivity index (χ1v) is 11.0. The van der Waals surface area contributed by atoms with Crippen molar-refractivity contribution in [3.8, 4) is 0 Å². The Bertz CT molecular complexity index is 1070. The van der Waals surface area contributed by atoms with Gasteiger partial charge in [-0.2, -0.15) is 0 Å². The van der Waals surface area contributed by atoms with E-state index >= 15 is 0 Å². The number of nitrogens with zero attached hydrogens (tertiary/aromatic N) is 3. The third kappa shape index (κ3) is 3.36. The Labute approximate surface area is 172 Å². The molecule has 4 heteroatoms. The summed E-state index contributed by atoms with van der Waals surface area (Å²) in [6.07, 6.45) is 7.46. The molecule has 1 aromatic heterocycles. The van der Waals surface area contributed by atoms with Crippen LogP contribution >= 0.6 is 0 Å². The fraction of sp³-hybridized carbons (Fsp3) is 0.400. The number of carbonyl (C=O) groups excluding carboxylic acids is 1. The van der Waals surface area contributed by atoms with Crippen LogP contribution in [0.1, 0.15) is 31.7 Å². The van der Waals surface area contributed by atoms with E-state index in [-0.39, 0.29) is 5.91 Å². The van der Waals surface area contributed by atoms with Crippen LogP contribution in [-0.4, -0.2) is 52.5 Å². The topological polar surface area (TPSA) is 28.5 Å². The second-order valence-corrected chi connectivity index (χ2v) is 8.34. The van der Waals surface area contributed by atoms with E-state index in [9.17, 15) is 4.79 Å². The zero-order valence-electron chi connectivity index (χ0n) is 17.2. The monoisotopic (exact) mass is 387 g/mol. The van der Waals surface area contributed by atoms with Gasteiger partial charge in [0.25, 0.3) is 0 Å². The van der Waals surface area contributed by atoms with Crippen LogP contribution in [0.4, 0.5) is 0 Å². The normalized spacial score (nSPS) is 20.6. The van der Waals surface area contributed by atoms with Crippen molar-refractivity contribution < 1.29 is 4.79 Å². The summed E-state index contributed by atoms with van der Waals surface area (Å²) in [6.45, 7) is 7.30. The molecular weight excluding hydrogens is 358 g/mol. The van der Waals surface area contributed by atoms with Crippen molar-refractivity contribution in [3.63, 3.8) is 0 Å². The molecule has 1 atom stereocenters. The molecule has 2 aromatic carbocycles. The van der Waals surface area contributed by atoms with Gasteiger partial charge in [-0.15, -0.1) is 0 Å². The number of fused-ring (bicyclic) bond motifs is 3. The van der Waals surface area contributed by atoms with Gasteiger partial charge in [-0.3, -0.25) is 9.69 Å². The minimum atomic E-state index is 0.141. The van der Waals surface area contributed by atoms with Crippen LogP contribution < -0.4 is 0 Å². The number of benzene rings is 2. The van der Waals surface area contributed by atoms with E-state index in [1.54, 1.807) is 6.08 Å². The number of aromatic nitrogens is 1. The molecule has 29 heavy (non-hydrogen) atoms. The number of amides is 1. The Hall–Kier alpha value is -2.59. The van der Waals surface area contributed by atoms with E-state index in [2.05, 4.69) is 58.9 Å². The molecule has 0 saturated carbocycles. The standard InChI is InChI=1S/C25H29N3O/c1-2-28-23-8-4-3-7-21(23)22-17-19(9-11-24(22)28)10-12-25(29)27-16-13-20(18-27)26-14-5-6-15-26/h3-4,7-12,17,20H,2,5-6,13-16,18H2,1H3/b12-10+. The fourth-order valence-electron chi connectivity index (χ4n) is 5.14. The smallest absolute Gasteiger partial charge is 0.246 e. The molecule has 0 N–H and O–H groups in total. The van der Waals surface area contributed by atoms with Gasteiger partial charge in [0, 0.05) is 53.6 Å². The molecule has 3 heterocycles. The number of hydrogen-bond donors (Lipinski definition) is 0. The first kappa shape index (κ1) is 18.4. The maximum atomic E-state index is 12.7. The number of rotatable bonds is 4. The lowest BCUT2D eigenvalue weighted by Crippen LogP contribution is -2.36. The second-order valence-electron chi connectivity index (χ2n) is 8.34. The van der Waals surface area contributed by atoms with Crippen LogP contribution in [0.25, 0.3) is 27.9 Å². The van der Waals surface area contributed by atoms with Crippen molar-refractivity contribution in [2.24, 2.45) is 0 Å². The highest BCUT2D eigenvalue weighted by atomic mass is 16.2. The van der Waals surface area contributed by atoms with E-state index in [0.29, 0.717) is 6.04 Å². The number of aryl methyl sites for hydroxylation is 1. The molecule has 0 bridgehead atoms. The van der Waals surface area contributed by atoms with Gasteiger partial charge in [-0.25, -0.2) is 0 Å². The van der Waals surface area contributed by atoms with Gasteiger partial charge in [0.2, 0.25) is 5.91 Å². The van der Waals surface area contributed by atoms with Crippen LogP contribution in [0.3, 0.4) is 0 Å². The molecule has 2 saturated heterocycles. The molecule has 5 rings (SSSR count). The van der Waals surface area contributed by atoms with Crippen LogP contribution in [-0.2, 0) is 11.3 Å². The van der Waals surface area contributed by atoms with Crippen molar-refractivity contribution in [1.82, 2.24) is 14.4 Å². The second kappa shape index (κ2) is 7.68. The van der Waals surface area contributed by atoms with Crippen molar-refractivity contribution in [2.45, 2.75) is 38.8 Å². The largest absolute Gasteiger partial charge is 0.341 e. The van der Waals surface area contributed by atoms with Gasteiger partial charge in [-0.1, -0.05) is 24.3 Å². The highest BCUT2D eigenvalue weighted by Crippen LogP contribution is 2.30.